The van der Waals surface area contributed by atoms with Crippen LogP contribution >= 0.6 is 0 Å². The molecule has 4 bridgehead atoms. The van der Waals surface area contributed by atoms with Gasteiger partial charge in [0.05, 0.1) is 6.61 Å². The number of ether oxygens (including phenoxy) is 1. The lowest BCUT2D eigenvalue weighted by Crippen LogP contribution is -2.63. The minimum atomic E-state index is -0.642. The van der Waals surface area contributed by atoms with E-state index in [9.17, 15) is 4.79 Å². The molecule has 34 heavy (non-hydrogen) atoms. The standard InChI is InChI=1S/C29H37N3O2/c1-4-34-24-12-10-22(11-13-24)18-32-19-23-15-29(28(33)30-16-21-8-6-5-7-9-21)26(14-20(2)3)27(32)25(23)17-31-29/h5-13,17,20,23,25-27H,4,14-16,18-19H2,1-3H3,(H,30,33). The molecule has 0 spiro atoms. The number of benzene rings is 2. The maximum Gasteiger partial charge on any atom is 0.248 e. The fraction of sp³-hybridized carbons (Fsp3) is 0.517. The Hall–Kier alpha value is -2.66. The number of rotatable bonds is 9. The van der Waals surface area contributed by atoms with Crippen LogP contribution in [0.5, 0.6) is 5.75 Å². The van der Waals surface area contributed by atoms with Crippen molar-refractivity contribution in [1.29, 1.82) is 0 Å². The van der Waals surface area contributed by atoms with Gasteiger partial charge in [-0.2, -0.15) is 0 Å². The molecule has 1 amide bonds. The maximum atomic E-state index is 13.8. The number of likely N-dealkylation sites (tertiary alicyclic amines) is 1. The number of aliphatic imine (C=N–C) groups is 1. The maximum absolute atomic E-state index is 13.8. The molecular weight excluding hydrogens is 422 g/mol. The number of amides is 1. The van der Waals surface area contributed by atoms with Gasteiger partial charge >= 0.3 is 0 Å². The lowest BCUT2D eigenvalue weighted by Gasteiger charge is -2.51. The Balaban J connectivity index is 1.37. The van der Waals surface area contributed by atoms with E-state index >= 15 is 0 Å². The zero-order chi connectivity index (χ0) is 23.7. The molecule has 1 saturated heterocycles. The first-order chi connectivity index (χ1) is 16.5. The van der Waals surface area contributed by atoms with Crippen LogP contribution in [0.4, 0.5) is 0 Å². The second-order valence-electron chi connectivity index (χ2n) is 10.6. The van der Waals surface area contributed by atoms with Crippen molar-refractivity contribution in [3.63, 3.8) is 0 Å². The van der Waals surface area contributed by atoms with E-state index in [1.807, 2.05) is 25.1 Å². The summed E-state index contributed by atoms with van der Waals surface area (Å²) in [5.74, 6) is 2.73. The smallest absolute Gasteiger partial charge is 0.248 e. The van der Waals surface area contributed by atoms with Gasteiger partial charge in [0.15, 0.2) is 0 Å². The van der Waals surface area contributed by atoms with Gasteiger partial charge in [-0.3, -0.25) is 14.7 Å². The summed E-state index contributed by atoms with van der Waals surface area (Å²) in [6.45, 7) is 9.73. The molecule has 6 rings (SSSR count). The normalized spacial score (nSPS) is 29.5. The van der Waals surface area contributed by atoms with Crippen LogP contribution in [0.25, 0.3) is 0 Å². The van der Waals surface area contributed by atoms with Crippen molar-refractivity contribution in [2.45, 2.75) is 58.3 Å². The van der Waals surface area contributed by atoms with E-state index in [-0.39, 0.29) is 11.8 Å². The largest absolute Gasteiger partial charge is 0.494 e. The Morgan fingerprint density at radius 1 is 1.15 bits per heavy atom. The third kappa shape index (κ3) is 4.26. The van der Waals surface area contributed by atoms with Crippen molar-refractivity contribution < 1.29 is 9.53 Å². The molecule has 5 unspecified atom stereocenters. The molecule has 5 nitrogen and oxygen atoms in total. The summed E-state index contributed by atoms with van der Waals surface area (Å²) < 4.78 is 5.62. The first-order valence-corrected chi connectivity index (χ1v) is 12.8. The van der Waals surface area contributed by atoms with Crippen LogP contribution in [0.1, 0.15) is 44.7 Å². The van der Waals surface area contributed by atoms with Crippen LogP contribution in [0.2, 0.25) is 0 Å². The zero-order valence-corrected chi connectivity index (χ0v) is 20.6. The summed E-state index contributed by atoms with van der Waals surface area (Å²) >= 11 is 0. The highest BCUT2D eigenvalue weighted by molar-refractivity contribution is 5.91. The molecule has 5 atom stereocenters. The average molecular weight is 460 g/mol. The van der Waals surface area contributed by atoms with E-state index in [0.717, 1.165) is 37.2 Å². The predicted octanol–water partition coefficient (Wildman–Crippen LogP) is 4.71. The van der Waals surface area contributed by atoms with Gasteiger partial charge < -0.3 is 10.1 Å². The van der Waals surface area contributed by atoms with Crippen molar-refractivity contribution in [1.82, 2.24) is 10.2 Å². The third-order valence-electron chi connectivity index (χ3n) is 7.94. The highest BCUT2D eigenvalue weighted by Gasteiger charge is 2.63. The molecule has 3 heterocycles. The van der Waals surface area contributed by atoms with Crippen LogP contribution in [0.15, 0.2) is 59.6 Å². The van der Waals surface area contributed by atoms with Gasteiger partial charge in [0.1, 0.15) is 11.3 Å². The number of carbonyl (C=O) groups excluding carboxylic acids is 1. The lowest BCUT2D eigenvalue weighted by molar-refractivity contribution is -0.132. The van der Waals surface area contributed by atoms with Gasteiger partial charge in [-0.05, 0) is 54.9 Å². The summed E-state index contributed by atoms with van der Waals surface area (Å²) in [5.41, 5.74) is 1.78. The summed E-state index contributed by atoms with van der Waals surface area (Å²) in [4.78, 5) is 21.4. The van der Waals surface area contributed by atoms with Crippen LogP contribution in [-0.4, -0.2) is 41.8 Å². The molecule has 1 saturated carbocycles. The molecule has 3 aliphatic heterocycles. The highest BCUT2D eigenvalue weighted by atomic mass is 16.5. The van der Waals surface area contributed by atoms with Crippen LogP contribution in [0, 0.1) is 23.7 Å². The molecule has 2 aromatic carbocycles. The Bertz CT molecular complexity index is 1020. The Kier molecular flexibility index (Phi) is 6.48. The minimum Gasteiger partial charge on any atom is -0.494 e. The number of carbonyl (C=O) groups is 1. The SMILES string of the molecule is CCOc1ccc(CN2CC3CC4(C(=O)NCc5ccccc5)N=CC3C2C4CC(C)C)cc1. The van der Waals surface area contributed by atoms with Crippen molar-refractivity contribution >= 4 is 12.1 Å². The summed E-state index contributed by atoms with van der Waals surface area (Å²) in [5, 5.41) is 3.25. The second kappa shape index (κ2) is 9.53. The Labute approximate surface area is 203 Å². The van der Waals surface area contributed by atoms with Crippen LogP contribution in [-0.2, 0) is 17.9 Å². The predicted molar refractivity (Wildman–Crippen MR) is 136 cm³/mol. The molecule has 180 valence electrons. The lowest BCUT2D eigenvalue weighted by atomic mass is 9.59. The monoisotopic (exact) mass is 459 g/mol. The van der Waals surface area contributed by atoms with Gasteiger partial charge in [-0.1, -0.05) is 56.3 Å². The molecule has 0 aromatic heterocycles. The van der Waals surface area contributed by atoms with Gasteiger partial charge in [0, 0.05) is 43.7 Å². The van der Waals surface area contributed by atoms with Crippen molar-refractivity contribution in [2.75, 3.05) is 13.2 Å². The van der Waals surface area contributed by atoms with Crippen LogP contribution in [0.3, 0.4) is 0 Å². The Morgan fingerprint density at radius 2 is 1.91 bits per heavy atom. The van der Waals surface area contributed by atoms with Gasteiger partial charge in [0.25, 0.3) is 0 Å². The van der Waals surface area contributed by atoms with E-state index in [1.165, 1.54) is 5.56 Å². The first-order valence-electron chi connectivity index (χ1n) is 12.8. The van der Waals surface area contributed by atoms with Crippen molar-refractivity contribution in [3.8, 4) is 5.75 Å². The van der Waals surface area contributed by atoms with E-state index in [0.29, 0.717) is 36.9 Å². The average Bonchev–Trinajstić information content (AvgIpc) is 3.14. The quantitative estimate of drug-likeness (QED) is 0.591. The van der Waals surface area contributed by atoms with Crippen LogP contribution < -0.4 is 10.1 Å². The first kappa shape index (κ1) is 23.1. The number of hydrogen-bond donors (Lipinski definition) is 1. The summed E-state index contributed by atoms with van der Waals surface area (Å²) in [7, 11) is 0. The molecule has 5 heteroatoms. The topological polar surface area (TPSA) is 53.9 Å². The van der Waals surface area contributed by atoms with E-state index < -0.39 is 5.54 Å². The van der Waals surface area contributed by atoms with E-state index in [4.69, 9.17) is 9.73 Å². The van der Waals surface area contributed by atoms with Gasteiger partial charge in [-0.25, -0.2) is 0 Å². The van der Waals surface area contributed by atoms with Crippen molar-refractivity contribution in [3.05, 3.63) is 65.7 Å². The van der Waals surface area contributed by atoms with Crippen molar-refractivity contribution in [2.24, 2.45) is 28.7 Å². The molecular formula is C29H37N3O2. The minimum absolute atomic E-state index is 0.106. The van der Waals surface area contributed by atoms with E-state index in [2.05, 4.69) is 66.7 Å². The number of hydrogen-bond acceptors (Lipinski definition) is 4. The van der Waals surface area contributed by atoms with Gasteiger partial charge in [-0.15, -0.1) is 0 Å². The fourth-order valence-electron chi connectivity index (χ4n) is 6.56. The highest BCUT2D eigenvalue weighted by Crippen LogP contribution is 2.55. The molecule has 2 fully saturated rings. The zero-order valence-electron chi connectivity index (χ0n) is 20.6. The Morgan fingerprint density at radius 3 is 2.62 bits per heavy atom. The molecule has 2 aromatic rings. The summed E-state index contributed by atoms with van der Waals surface area (Å²) in [6.07, 6.45) is 4.02. The van der Waals surface area contributed by atoms with Gasteiger partial charge in [0.2, 0.25) is 5.91 Å². The molecule has 1 N–H and O–H groups in total. The fourth-order valence-corrected chi connectivity index (χ4v) is 6.56. The third-order valence-corrected chi connectivity index (χ3v) is 7.94. The summed E-state index contributed by atoms with van der Waals surface area (Å²) in [6, 6.07) is 19.0. The molecule has 4 aliphatic rings. The van der Waals surface area contributed by atoms with E-state index in [1.54, 1.807) is 0 Å². The number of nitrogens with one attached hydrogen (secondary N) is 1. The number of nitrogens with zero attached hydrogens (tertiary/aromatic N) is 2. The second-order valence-corrected chi connectivity index (χ2v) is 10.6. The molecule has 0 radical (unpaired) electrons. The molecule has 1 aliphatic carbocycles.